The molecule has 0 spiro atoms. The third-order valence-electron chi connectivity index (χ3n) is 5.83. The van der Waals surface area contributed by atoms with Gasteiger partial charge in [0.05, 0.1) is 0 Å². The molecule has 0 radical (unpaired) electrons. The van der Waals surface area contributed by atoms with E-state index in [9.17, 15) is 19.5 Å². The summed E-state index contributed by atoms with van der Waals surface area (Å²) in [6, 6.07) is 2.64. The predicted octanol–water partition coefficient (Wildman–Crippen LogP) is 4.62. The van der Waals surface area contributed by atoms with Gasteiger partial charge in [0.2, 0.25) is 0 Å². The Morgan fingerprint density at radius 2 is 1.91 bits per heavy atom. The van der Waals surface area contributed by atoms with Crippen LogP contribution in [0.3, 0.4) is 0 Å². The third kappa shape index (κ3) is 7.00. The Balaban J connectivity index is 2.21. The topological polar surface area (TPSA) is 106 Å². The van der Waals surface area contributed by atoms with Gasteiger partial charge in [-0.2, -0.15) is 11.8 Å². The molecule has 8 heteroatoms. The van der Waals surface area contributed by atoms with Crippen LogP contribution in [0, 0.1) is 13.8 Å². The second-order valence-corrected chi connectivity index (χ2v) is 9.30. The van der Waals surface area contributed by atoms with Crippen LogP contribution >= 0.6 is 11.8 Å². The number of carboxylic acids is 1. The van der Waals surface area contributed by atoms with Crippen molar-refractivity contribution < 1.29 is 23.8 Å². The molecule has 2 unspecified atom stereocenters. The first kappa shape index (κ1) is 26.8. The van der Waals surface area contributed by atoms with E-state index in [0.717, 1.165) is 36.6 Å². The van der Waals surface area contributed by atoms with E-state index in [1.54, 1.807) is 19.9 Å². The first-order valence-corrected chi connectivity index (χ1v) is 12.8. The molecule has 2 atom stereocenters. The molecule has 1 heterocycles. The van der Waals surface area contributed by atoms with Crippen LogP contribution in [0.1, 0.15) is 62.6 Å². The molecule has 0 bridgehead atoms. The monoisotopic (exact) mass is 477 g/mol. The van der Waals surface area contributed by atoms with Crippen molar-refractivity contribution in [3.63, 3.8) is 0 Å². The summed E-state index contributed by atoms with van der Waals surface area (Å²) < 4.78 is 11.5. The first-order chi connectivity index (χ1) is 15.7. The highest BCUT2D eigenvalue weighted by Crippen LogP contribution is 2.30. The average molecular weight is 478 g/mol. The zero-order valence-corrected chi connectivity index (χ0v) is 21.0. The minimum Gasteiger partial charge on any atom is -0.480 e. The van der Waals surface area contributed by atoms with Gasteiger partial charge in [-0.05, 0) is 69.7 Å². The number of carbonyl (C=O) groups excluding carboxylic acids is 1. The minimum atomic E-state index is -1.07. The predicted molar refractivity (Wildman–Crippen MR) is 132 cm³/mol. The molecular formula is C25H35NO6S. The van der Waals surface area contributed by atoms with E-state index < -0.39 is 24.0 Å². The van der Waals surface area contributed by atoms with Crippen molar-refractivity contribution in [2.24, 2.45) is 0 Å². The highest BCUT2D eigenvalue weighted by molar-refractivity contribution is 7.98. The van der Waals surface area contributed by atoms with Gasteiger partial charge in [-0.3, -0.25) is 4.79 Å². The lowest BCUT2D eigenvalue weighted by molar-refractivity contribution is -0.142. The summed E-state index contributed by atoms with van der Waals surface area (Å²) in [5.41, 5.74) is 2.37. The lowest BCUT2D eigenvalue weighted by atomic mass is 9.99. The van der Waals surface area contributed by atoms with Crippen LogP contribution in [0.5, 0.6) is 5.75 Å². The van der Waals surface area contributed by atoms with Crippen molar-refractivity contribution in [1.82, 2.24) is 5.32 Å². The lowest BCUT2D eigenvalue weighted by Crippen LogP contribution is -2.46. The van der Waals surface area contributed by atoms with Gasteiger partial charge in [0.1, 0.15) is 17.4 Å². The Morgan fingerprint density at radius 3 is 2.55 bits per heavy atom. The number of amides is 1. The maximum absolute atomic E-state index is 12.7. The summed E-state index contributed by atoms with van der Waals surface area (Å²) in [4.78, 5) is 36.6. The van der Waals surface area contributed by atoms with Gasteiger partial charge in [0.15, 0.2) is 6.10 Å². The van der Waals surface area contributed by atoms with Crippen molar-refractivity contribution in [2.75, 3.05) is 12.0 Å². The molecule has 0 aliphatic rings. The number of carbonyl (C=O) groups is 2. The van der Waals surface area contributed by atoms with Gasteiger partial charge in [-0.25, -0.2) is 9.59 Å². The number of aryl methyl sites for hydroxylation is 2. The molecule has 0 saturated heterocycles. The number of aliphatic carboxylic acids is 1. The van der Waals surface area contributed by atoms with Crippen LogP contribution in [0.15, 0.2) is 21.3 Å². The second-order valence-electron chi connectivity index (χ2n) is 8.31. The highest BCUT2D eigenvalue weighted by Gasteiger charge is 2.24. The summed E-state index contributed by atoms with van der Waals surface area (Å²) >= 11 is 1.52. The van der Waals surface area contributed by atoms with E-state index in [0.29, 0.717) is 41.1 Å². The largest absolute Gasteiger partial charge is 0.480 e. The molecule has 2 N–H and O–H groups in total. The molecule has 2 rings (SSSR count). The third-order valence-corrected chi connectivity index (χ3v) is 6.48. The minimum absolute atomic E-state index is 0.329. The Labute approximate surface area is 199 Å². The van der Waals surface area contributed by atoms with Crippen molar-refractivity contribution in [1.29, 1.82) is 0 Å². The molecule has 1 aromatic carbocycles. The fraction of sp³-hybridized carbons (Fsp3) is 0.560. The number of rotatable bonds is 13. The Hall–Kier alpha value is -2.48. The number of ether oxygens (including phenoxy) is 1. The lowest BCUT2D eigenvalue weighted by Gasteiger charge is -2.20. The highest BCUT2D eigenvalue weighted by atomic mass is 32.2. The van der Waals surface area contributed by atoms with E-state index in [-0.39, 0.29) is 5.63 Å². The van der Waals surface area contributed by atoms with Crippen LogP contribution in [0.2, 0.25) is 0 Å². The molecule has 182 valence electrons. The van der Waals surface area contributed by atoms with Crippen LogP contribution in [-0.4, -0.2) is 41.1 Å². The summed E-state index contributed by atoms with van der Waals surface area (Å²) in [6.07, 6.45) is 6.31. The molecule has 1 aromatic heterocycles. The maximum Gasteiger partial charge on any atom is 0.339 e. The summed E-state index contributed by atoms with van der Waals surface area (Å²) in [6.45, 7) is 7.43. The first-order valence-electron chi connectivity index (χ1n) is 11.5. The number of benzene rings is 1. The van der Waals surface area contributed by atoms with Crippen molar-refractivity contribution in [3.05, 3.63) is 39.2 Å². The molecule has 0 saturated carbocycles. The smallest absolute Gasteiger partial charge is 0.339 e. The number of thioether (sulfide) groups is 1. The summed E-state index contributed by atoms with van der Waals surface area (Å²) in [7, 11) is 0. The van der Waals surface area contributed by atoms with E-state index in [2.05, 4.69) is 12.2 Å². The van der Waals surface area contributed by atoms with Crippen LogP contribution < -0.4 is 15.7 Å². The van der Waals surface area contributed by atoms with Gasteiger partial charge >= 0.3 is 11.6 Å². The van der Waals surface area contributed by atoms with Gasteiger partial charge in [0, 0.05) is 16.5 Å². The zero-order chi connectivity index (χ0) is 24.5. The molecule has 0 aliphatic heterocycles. The normalized spacial score (nSPS) is 13.0. The molecular weight excluding hydrogens is 442 g/mol. The maximum atomic E-state index is 12.7. The Morgan fingerprint density at radius 1 is 1.18 bits per heavy atom. The van der Waals surface area contributed by atoms with Gasteiger partial charge in [-0.1, -0.05) is 26.2 Å². The van der Waals surface area contributed by atoms with E-state index >= 15 is 0 Å². The quantitative estimate of drug-likeness (QED) is 0.320. The Bertz CT molecular complexity index is 1030. The number of fused-ring (bicyclic) bond motifs is 1. The van der Waals surface area contributed by atoms with Crippen LogP contribution in [0.25, 0.3) is 11.0 Å². The van der Waals surface area contributed by atoms with Crippen molar-refractivity contribution in [2.45, 2.75) is 78.4 Å². The Kier molecular flexibility index (Phi) is 10.3. The number of unbranched alkanes of at least 4 members (excludes halogenated alkanes) is 3. The number of hydrogen-bond acceptors (Lipinski definition) is 6. The summed E-state index contributed by atoms with van der Waals surface area (Å²) in [5, 5.41) is 12.7. The molecule has 2 aromatic rings. The molecule has 0 fully saturated rings. The molecule has 33 heavy (non-hydrogen) atoms. The van der Waals surface area contributed by atoms with E-state index in [1.807, 2.05) is 19.2 Å². The number of hydrogen-bond donors (Lipinski definition) is 2. The SMILES string of the molecule is CCCCCCc1c(C)c2ccc(OC(C)C(=O)NC(CCSC)C(=O)O)c(C)c2oc1=O. The standard InChI is InChI=1S/C25H35NO6S/c1-6-7-8-9-10-19-15(2)18-11-12-21(16(3)22(18)32-25(19)30)31-17(4)23(27)26-20(24(28)29)13-14-33-5/h11-12,17,20H,6-10,13-14H2,1-5H3,(H,26,27)(H,28,29). The second kappa shape index (κ2) is 12.7. The van der Waals surface area contributed by atoms with Crippen molar-refractivity contribution >= 4 is 34.6 Å². The van der Waals surface area contributed by atoms with E-state index in [1.165, 1.54) is 11.8 Å². The average Bonchev–Trinajstić information content (AvgIpc) is 2.77. The van der Waals surface area contributed by atoms with Crippen LogP contribution in [0.4, 0.5) is 0 Å². The van der Waals surface area contributed by atoms with E-state index in [4.69, 9.17) is 9.15 Å². The molecule has 7 nitrogen and oxygen atoms in total. The van der Waals surface area contributed by atoms with Gasteiger partial charge < -0.3 is 19.6 Å². The van der Waals surface area contributed by atoms with Crippen molar-refractivity contribution in [3.8, 4) is 5.75 Å². The molecule has 1 amide bonds. The fourth-order valence-corrected chi connectivity index (χ4v) is 4.21. The van der Waals surface area contributed by atoms with Crippen LogP contribution in [-0.2, 0) is 16.0 Å². The van der Waals surface area contributed by atoms with Gasteiger partial charge in [-0.15, -0.1) is 0 Å². The zero-order valence-electron chi connectivity index (χ0n) is 20.2. The number of carboxylic acid groups (broad SMARTS) is 1. The summed E-state index contributed by atoms with van der Waals surface area (Å²) in [5.74, 6) is -0.549. The van der Waals surface area contributed by atoms with Gasteiger partial charge in [0.25, 0.3) is 5.91 Å². The number of nitrogens with one attached hydrogen (secondary N) is 1. The molecule has 0 aliphatic carbocycles. The fourth-order valence-electron chi connectivity index (χ4n) is 3.74.